The largest absolute Gasteiger partial charge is 0.431 e. The number of fused-ring (bicyclic) bond motifs is 1. The lowest BCUT2D eigenvalue weighted by molar-refractivity contribution is -0.142. The highest BCUT2D eigenvalue weighted by atomic mass is 35.5. The van der Waals surface area contributed by atoms with Gasteiger partial charge in [-0.3, -0.25) is 0 Å². The number of hydrogen-bond acceptors (Lipinski definition) is 3. The highest BCUT2D eigenvalue weighted by Gasteiger charge is 2.37. The van der Waals surface area contributed by atoms with Crippen molar-refractivity contribution in [3.8, 4) is 0 Å². The van der Waals surface area contributed by atoms with E-state index in [1.807, 2.05) is 0 Å². The second kappa shape index (κ2) is 5.82. The van der Waals surface area contributed by atoms with Gasteiger partial charge in [0.2, 0.25) is 0 Å². The van der Waals surface area contributed by atoms with Gasteiger partial charge in [0.05, 0.1) is 5.69 Å². The Labute approximate surface area is 134 Å². The lowest BCUT2D eigenvalue weighted by atomic mass is 9.98. The lowest BCUT2D eigenvalue weighted by Gasteiger charge is -2.22. The maximum Gasteiger partial charge on any atom is 0.431 e. The van der Waals surface area contributed by atoms with Crippen LogP contribution in [0.25, 0.3) is 11.6 Å². The Morgan fingerprint density at radius 1 is 1.17 bits per heavy atom. The van der Waals surface area contributed by atoms with E-state index >= 15 is 0 Å². The maximum absolute atomic E-state index is 13.1. The molecule has 120 valence electrons. The number of alkyl halides is 3. The summed E-state index contributed by atoms with van der Waals surface area (Å²) in [6.45, 7) is 0.315. The van der Waals surface area contributed by atoms with Crippen molar-refractivity contribution in [2.45, 2.75) is 12.7 Å². The fraction of sp³-hybridized carbons (Fsp3) is 0.200. The number of halogens is 4. The number of H-pyrrole nitrogens is 1. The summed E-state index contributed by atoms with van der Waals surface area (Å²) >= 11 is 5.81. The molecular weight excluding hydrogens is 331 g/mol. The molecular formula is C15H11ClF3N3O. The minimum Gasteiger partial charge on any atom is -0.308 e. The molecule has 1 aliphatic rings. The van der Waals surface area contributed by atoms with E-state index in [1.165, 1.54) is 0 Å². The molecule has 4 nitrogen and oxygen atoms in total. The van der Waals surface area contributed by atoms with Crippen LogP contribution in [0.4, 0.5) is 13.2 Å². The highest BCUT2D eigenvalue weighted by molar-refractivity contribution is 6.30. The summed E-state index contributed by atoms with van der Waals surface area (Å²) in [5, 5.41) is 3.46. The molecule has 8 heteroatoms. The first kappa shape index (κ1) is 15.8. The molecule has 23 heavy (non-hydrogen) atoms. The van der Waals surface area contributed by atoms with Crippen LogP contribution in [0.15, 0.2) is 29.1 Å². The number of nitrogens with one attached hydrogen (secondary N) is 2. The molecule has 0 aliphatic carbocycles. The standard InChI is InChI=1S/C15H11ClF3N3O/c16-10-3-1-8(2-4-10)5-9-6-20-7-11-12(9)21-14(23)22-13(11)15(17,18)19/h1-5,20H,6-7H2,(H,21,22,23)/b9-5-. The van der Waals surface area contributed by atoms with E-state index in [9.17, 15) is 18.0 Å². The number of nitrogens with zero attached hydrogens (tertiary/aromatic N) is 1. The maximum atomic E-state index is 13.1. The van der Waals surface area contributed by atoms with Crippen LogP contribution in [-0.4, -0.2) is 16.5 Å². The third-order valence-corrected chi connectivity index (χ3v) is 3.70. The number of aromatic amines is 1. The van der Waals surface area contributed by atoms with E-state index in [4.69, 9.17) is 11.6 Å². The second-order valence-electron chi connectivity index (χ2n) is 5.07. The highest BCUT2D eigenvalue weighted by Crippen LogP contribution is 2.33. The molecule has 0 atom stereocenters. The molecule has 0 radical (unpaired) electrons. The fourth-order valence-corrected chi connectivity index (χ4v) is 2.59. The van der Waals surface area contributed by atoms with E-state index in [-0.39, 0.29) is 17.8 Å². The molecule has 0 unspecified atom stereocenters. The van der Waals surface area contributed by atoms with Crippen molar-refractivity contribution in [2.24, 2.45) is 0 Å². The first-order valence-electron chi connectivity index (χ1n) is 6.72. The molecule has 0 fully saturated rings. The first-order chi connectivity index (χ1) is 10.8. The third-order valence-electron chi connectivity index (χ3n) is 3.45. The van der Waals surface area contributed by atoms with Crippen LogP contribution in [0.5, 0.6) is 0 Å². The monoisotopic (exact) mass is 341 g/mol. The zero-order valence-electron chi connectivity index (χ0n) is 11.7. The molecule has 1 aromatic heterocycles. The Kier molecular flexibility index (Phi) is 3.99. The third kappa shape index (κ3) is 3.30. The van der Waals surface area contributed by atoms with Crippen molar-refractivity contribution >= 4 is 23.3 Å². The Hall–Kier alpha value is -2.12. The van der Waals surface area contributed by atoms with E-state index in [0.29, 0.717) is 17.1 Å². The van der Waals surface area contributed by atoms with Gasteiger partial charge < -0.3 is 10.3 Å². The van der Waals surface area contributed by atoms with E-state index < -0.39 is 17.6 Å². The van der Waals surface area contributed by atoms with Gasteiger partial charge in [-0.1, -0.05) is 23.7 Å². The van der Waals surface area contributed by atoms with Crippen molar-refractivity contribution in [1.82, 2.24) is 15.3 Å². The van der Waals surface area contributed by atoms with Gasteiger partial charge in [-0.05, 0) is 29.3 Å². The summed E-state index contributed by atoms with van der Waals surface area (Å²) in [6, 6.07) is 6.83. The fourth-order valence-electron chi connectivity index (χ4n) is 2.46. The summed E-state index contributed by atoms with van der Waals surface area (Å²) in [7, 11) is 0. The molecule has 3 rings (SSSR count). The van der Waals surface area contributed by atoms with Crippen LogP contribution in [0.1, 0.15) is 22.5 Å². The molecule has 0 saturated heterocycles. The van der Waals surface area contributed by atoms with Crippen molar-refractivity contribution < 1.29 is 13.2 Å². The first-order valence-corrected chi connectivity index (χ1v) is 7.10. The van der Waals surface area contributed by atoms with Crippen LogP contribution >= 0.6 is 11.6 Å². The summed E-state index contributed by atoms with van der Waals surface area (Å²) in [4.78, 5) is 17.0. The predicted octanol–water partition coefficient (Wildman–Crippen LogP) is 3.09. The summed E-state index contributed by atoms with van der Waals surface area (Å²) in [5.41, 5.74) is -0.764. The normalized spacial score (nSPS) is 16.4. The van der Waals surface area contributed by atoms with Crippen LogP contribution in [0.2, 0.25) is 5.02 Å². The smallest absolute Gasteiger partial charge is 0.308 e. The summed E-state index contributed by atoms with van der Waals surface area (Å²) < 4.78 is 39.3. The molecule has 1 aliphatic heterocycles. The van der Waals surface area contributed by atoms with Gasteiger partial charge in [-0.2, -0.15) is 18.2 Å². The lowest BCUT2D eigenvalue weighted by Crippen LogP contribution is -2.32. The van der Waals surface area contributed by atoms with Gasteiger partial charge in [-0.25, -0.2) is 4.79 Å². The summed E-state index contributed by atoms with van der Waals surface area (Å²) in [6.07, 6.45) is -2.95. The van der Waals surface area contributed by atoms with Crippen molar-refractivity contribution in [3.05, 3.63) is 62.3 Å². The molecule has 0 bridgehead atoms. The van der Waals surface area contributed by atoms with Gasteiger partial charge in [-0.15, -0.1) is 0 Å². The van der Waals surface area contributed by atoms with Gasteiger partial charge in [0, 0.05) is 23.7 Å². The van der Waals surface area contributed by atoms with E-state index in [2.05, 4.69) is 10.3 Å². The topological polar surface area (TPSA) is 57.8 Å². The van der Waals surface area contributed by atoms with E-state index in [1.54, 1.807) is 35.3 Å². The Morgan fingerprint density at radius 2 is 1.87 bits per heavy atom. The molecule has 0 spiro atoms. The zero-order valence-corrected chi connectivity index (χ0v) is 12.4. The molecule has 0 saturated carbocycles. The van der Waals surface area contributed by atoms with Crippen LogP contribution in [-0.2, 0) is 12.7 Å². The Bertz CT molecular complexity index is 825. The minimum atomic E-state index is -4.64. The number of hydrogen-bond donors (Lipinski definition) is 2. The van der Waals surface area contributed by atoms with Gasteiger partial charge >= 0.3 is 11.9 Å². The molecule has 2 aromatic rings. The van der Waals surface area contributed by atoms with Crippen LogP contribution in [0.3, 0.4) is 0 Å². The van der Waals surface area contributed by atoms with Crippen LogP contribution < -0.4 is 11.0 Å². The summed E-state index contributed by atoms with van der Waals surface area (Å²) in [5.74, 6) is 0. The minimum absolute atomic E-state index is 0.00802. The SMILES string of the molecule is O=c1nc2c(c(C(F)(F)F)[nH]1)CNC/C2=C/c1ccc(Cl)cc1. The number of aromatic nitrogens is 2. The Morgan fingerprint density at radius 3 is 2.52 bits per heavy atom. The predicted molar refractivity (Wildman–Crippen MR) is 80.9 cm³/mol. The second-order valence-corrected chi connectivity index (χ2v) is 5.50. The molecule has 2 heterocycles. The van der Waals surface area contributed by atoms with E-state index in [0.717, 1.165) is 5.56 Å². The molecule has 1 aromatic carbocycles. The van der Waals surface area contributed by atoms with Crippen molar-refractivity contribution in [2.75, 3.05) is 6.54 Å². The number of rotatable bonds is 1. The zero-order chi connectivity index (χ0) is 16.6. The Balaban J connectivity index is 2.14. The van der Waals surface area contributed by atoms with Crippen molar-refractivity contribution in [1.29, 1.82) is 0 Å². The van der Waals surface area contributed by atoms with Gasteiger partial charge in [0.1, 0.15) is 5.69 Å². The molecule has 2 N–H and O–H groups in total. The number of benzene rings is 1. The molecule has 0 amide bonds. The average Bonchev–Trinajstić information content (AvgIpc) is 2.48. The quantitative estimate of drug-likeness (QED) is 0.838. The van der Waals surface area contributed by atoms with Crippen LogP contribution in [0, 0.1) is 0 Å². The van der Waals surface area contributed by atoms with Gasteiger partial charge in [0.15, 0.2) is 0 Å². The van der Waals surface area contributed by atoms with Gasteiger partial charge in [0.25, 0.3) is 0 Å². The van der Waals surface area contributed by atoms with Crippen molar-refractivity contribution in [3.63, 3.8) is 0 Å². The average molecular weight is 342 g/mol.